The van der Waals surface area contributed by atoms with Gasteiger partial charge < -0.3 is 5.32 Å². The summed E-state index contributed by atoms with van der Waals surface area (Å²) >= 11 is 0. The van der Waals surface area contributed by atoms with Crippen LogP contribution in [0.3, 0.4) is 0 Å². The first kappa shape index (κ1) is 17.0. The Morgan fingerprint density at radius 2 is 1.95 bits per heavy atom. The molecule has 0 bridgehead atoms. The molecule has 2 rings (SSSR count). The fourth-order valence-electron chi connectivity index (χ4n) is 2.89. The van der Waals surface area contributed by atoms with Gasteiger partial charge in [-0.15, -0.1) is 0 Å². The molecule has 6 nitrogen and oxygen atoms in total. The zero-order valence-electron chi connectivity index (χ0n) is 13.5. The fourth-order valence-corrected chi connectivity index (χ4v) is 4.38. The van der Waals surface area contributed by atoms with Crippen molar-refractivity contribution in [1.29, 1.82) is 0 Å². The highest BCUT2D eigenvalue weighted by molar-refractivity contribution is 7.91. The number of hydrogen-bond acceptors (Lipinski definition) is 4. The summed E-state index contributed by atoms with van der Waals surface area (Å²) in [7, 11) is -2.91. The van der Waals surface area contributed by atoms with Crippen molar-refractivity contribution in [1.82, 2.24) is 15.1 Å². The summed E-state index contributed by atoms with van der Waals surface area (Å²) in [5, 5.41) is 7.42. The molecule has 22 heavy (non-hydrogen) atoms. The van der Waals surface area contributed by atoms with Gasteiger partial charge in [-0.3, -0.25) is 9.48 Å². The van der Waals surface area contributed by atoms with E-state index in [4.69, 9.17) is 0 Å². The van der Waals surface area contributed by atoms with E-state index in [2.05, 4.69) is 24.3 Å². The van der Waals surface area contributed by atoms with Crippen LogP contribution in [0, 0.1) is 6.92 Å². The second-order valence-electron chi connectivity index (χ2n) is 5.99. The Morgan fingerprint density at radius 3 is 2.50 bits per heavy atom. The molecule has 2 heterocycles. The van der Waals surface area contributed by atoms with Crippen LogP contribution in [-0.2, 0) is 9.84 Å². The van der Waals surface area contributed by atoms with E-state index in [0.717, 1.165) is 18.5 Å². The third-order valence-electron chi connectivity index (χ3n) is 4.27. The monoisotopic (exact) mass is 327 g/mol. The topological polar surface area (TPSA) is 81.1 Å². The molecule has 1 aromatic rings. The van der Waals surface area contributed by atoms with E-state index in [1.807, 2.05) is 11.6 Å². The lowest BCUT2D eigenvalue weighted by atomic mass is 10.1. The van der Waals surface area contributed by atoms with Crippen molar-refractivity contribution >= 4 is 15.7 Å². The molecule has 0 radical (unpaired) electrons. The van der Waals surface area contributed by atoms with E-state index in [9.17, 15) is 13.2 Å². The molecule has 0 unspecified atom stereocenters. The predicted molar refractivity (Wildman–Crippen MR) is 85.7 cm³/mol. The maximum absolute atomic E-state index is 12.5. The number of aryl methyl sites for hydroxylation is 1. The first-order valence-corrected chi connectivity index (χ1v) is 9.75. The molecule has 0 spiro atoms. The lowest BCUT2D eigenvalue weighted by Crippen LogP contribution is -2.41. The van der Waals surface area contributed by atoms with Crippen LogP contribution in [0.4, 0.5) is 0 Å². The first-order chi connectivity index (χ1) is 10.4. The molecule has 1 fully saturated rings. The first-order valence-electron chi connectivity index (χ1n) is 7.93. The minimum atomic E-state index is -2.91. The van der Waals surface area contributed by atoms with Crippen LogP contribution in [0.5, 0.6) is 0 Å². The quantitative estimate of drug-likeness (QED) is 0.895. The van der Waals surface area contributed by atoms with Crippen molar-refractivity contribution in [2.75, 3.05) is 11.5 Å². The third-order valence-corrected chi connectivity index (χ3v) is 5.98. The molecule has 1 aliphatic rings. The molecular weight excluding hydrogens is 302 g/mol. The lowest BCUT2D eigenvalue weighted by molar-refractivity contribution is 0.0920. The number of nitrogens with zero attached hydrogens (tertiary/aromatic N) is 2. The number of carbonyl (C=O) groups is 1. The molecule has 1 saturated heterocycles. The third kappa shape index (κ3) is 3.88. The SMILES string of the molecule is CCC(CC)n1nc(C)cc1C(=O)NC1CCS(=O)(=O)CC1. The van der Waals surface area contributed by atoms with Gasteiger partial charge in [-0.05, 0) is 38.7 Å². The molecule has 0 atom stereocenters. The summed E-state index contributed by atoms with van der Waals surface area (Å²) in [6, 6.07) is 1.94. The zero-order chi connectivity index (χ0) is 16.3. The Bertz CT molecular complexity index is 618. The molecule has 0 aliphatic carbocycles. The Balaban J connectivity index is 2.10. The maximum Gasteiger partial charge on any atom is 0.269 e. The number of carbonyl (C=O) groups excluding carboxylic acids is 1. The molecule has 1 N–H and O–H groups in total. The number of sulfone groups is 1. The highest BCUT2D eigenvalue weighted by Crippen LogP contribution is 2.19. The molecule has 1 aromatic heterocycles. The standard InChI is InChI=1S/C15H25N3O3S/c1-4-13(5-2)18-14(10-11(3)17-18)15(19)16-12-6-8-22(20,21)9-7-12/h10,12-13H,4-9H2,1-3H3,(H,16,19). The molecule has 7 heteroatoms. The maximum atomic E-state index is 12.5. The van der Waals surface area contributed by atoms with Crippen LogP contribution in [0.2, 0.25) is 0 Å². The number of hydrogen-bond donors (Lipinski definition) is 1. The Hall–Kier alpha value is -1.37. The van der Waals surface area contributed by atoms with Crippen LogP contribution < -0.4 is 5.32 Å². The van der Waals surface area contributed by atoms with Gasteiger partial charge in [0.2, 0.25) is 0 Å². The fraction of sp³-hybridized carbons (Fsp3) is 0.733. The van der Waals surface area contributed by atoms with Gasteiger partial charge in [-0.2, -0.15) is 5.10 Å². The van der Waals surface area contributed by atoms with E-state index >= 15 is 0 Å². The zero-order valence-corrected chi connectivity index (χ0v) is 14.3. The second kappa shape index (κ2) is 6.81. The molecular formula is C15H25N3O3S. The van der Waals surface area contributed by atoms with E-state index in [1.165, 1.54) is 0 Å². The van der Waals surface area contributed by atoms with Gasteiger partial charge in [0, 0.05) is 6.04 Å². The highest BCUT2D eigenvalue weighted by Gasteiger charge is 2.26. The number of amides is 1. The van der Waals surface area contributed by atoms with Crippen molar-refractivity contribution in [3.8, 4) is 0 Å². The van der Waals surface area contributed by atoms with Gasteiger partial charge in [-0.1, -0.05) is 13.8 Å². The largest absolute Gasteiger partial charge is 0.348 e. The summed E-state index contributed by atoms with van der Waals surface area (Å²) in [5.74, 6) is 0.155. The van der Waals surface area contributed by atoms with Crippen LogP contribution in [-0.4, -0.2) is 41.7 Å². The molecule has 124 valence electrons. The lowest BCUT2D eigenvalue weighted by Gasteiger charge is -2.24. The van der Waals surface area contributed by atoms with Crippen molar-refractivity contribution in [3.63, 3.8) is 0 Å². The van der Waals surface area contributed by atoms with Gasteiger partial charge in [0.05, 0.1) is 23.2 Å². The van der Waals surface area contributed by atoms with Gasteiger partial charge in [0.1, 0.15) is 15.5 Å². The smallest absolute Gasteiger partial charge is 0.269 e. The van der Waals surface area contributed by atoms with Crippen LogP contribution in [0.25, 0.3) is 0 Å². The van der Waals surface area contributed by atoms with E-state index in [-0.39, 0.29) is 29.5 Å². The van der Waals surface area contributed by atoms with E-state index in [0.29, 0.717) is 18.5 Å². The summed E-state index contributed by atoms with van der Waals surface area (Å²) < 4.78 is 24.7. The molecule has 0 aromatic carbocycles. The molecule has 1 aliphatic heterocycles. The minimum Gasteiger partial charge on any atom is -0.348 e. The van der Waals surface area contributed by atoms with Crippen LogP contribution in [0.1, 0.15) is 61.8 Å². The normalized spacial score (nSPS) is 18.5. The van der Waals surface area contributed by atoms with Crippen molar-refractivity contribution < 1.29 is 13.2 Å². The summed E-state index contributed by atoms with van der Waals surface area (Å²) in [5.41, 5.74) is 1.39. The Kier molecular flexibility index (Phi) is 5.26. The number of rotatable bonds is 5. The van der Waals surface area contributed by atoms with Gasteiger partial charge in [-0.25, -0.2) is 8.42 Å². The summed E-state index contributed by atoms with van der Waals surface area (Å²) in [4.78, 5) is 12.5. The van der Waals surface area contributed by atoms with E-state index in [1.54, 1.807) is 6.07 Å². The second-order valence-corrected chi connectivity index (χ2v) is 8.29. The van der Waals surface area contributed by atoms with Crippen molar-refractivity contribution in [3.05, 3.63) is 17.5 Å². The van der Waals surface area contributed by atoms with Gasteiger partial charge in [0.15, 0.2) is 0 Å². The summed E-state index contributed by atoms with van der Waals surface area (Å²) in [6.07, 6.45) is 2.82. The van der Waals surface area contributed by atoms with Crippen LogP contribution in [0.15, 0.2) is 6.07 Å². The van der Waals surface area contributed by atoms with E-state index < -0.39 is 9.84 Å². The Morgan fingerprint density at radius 1 is 1.36 bits per heavy atom. The average Bonchev–Trinajstić information content (AvgIpc) is 2.85. The number of nitrogens with one attached hydrogen (secondary N) is 1. The van der Waals surface area contributed by atoms with Gasteiger partial charge >= 0.3 is 0 Å². The van der Waals surface area contributed by atoms with Crippen molar-refractivity contribution in [2.45, 2.75) is 58.5 Å². The minimum absolute atomic E-state index is 0.0682. The average molecular weight is 327 g/mol. The van der Waals surface area contributed by atoms with Gasteiger partial charge in [0.25, 0.3) is 5.91 Å². The Labute approximate surface area is 132 Å². The molecule has 1 amide bonds. The number of aromatic nitrogens is 2. The molecule has 0 saturated carbocycles. The van der Waals surface area contributed by atoms with Crippen molar-refractivity contribution in [2.24, 2.45) is 0 Å². The summed E-state index contributed by atoms with van der Waals surface area (Å²) in [6.45, 7) is 6.04. The highest BCUT2D eigenvalue weighted by atomic mass is 32.2. The van der Waals surface area contributed by atoms with Crippen LogP contribution >= 0.6 is 0 Å². The predicted octanol–water partition coefficient (Wildman–Crippen LogP) is 1.86.